The molecule has 5 rings (SSSR count). The highest BCUT2D eigenvalue weighted by atomic mass is 16.1. The summed E-state index contributed by atoms with van der Waals surface area (Å²) in [4.78, 5) is 33.4. The highest BCUT2D eigenvalue weighted by Crippen LogP contribution is 2.31. The summed E-state index contributed by atoms with van der Waals surface area (Å²) < 4.78 is 0. The van der Waals surface area contributed by atoms with Crippen molar-refractivity contribution < 1.29 is 4.79 Å². The van der Waals surface area contributed by atoms with Gasteiger partial charge in [-0.1, -0.05) is 18.2 Å². The van der Waals surface area contributed by atoms with Gasteiger partial charge in [0.25, 0.3) is 0 Å². The van der Waals surface area contributed by atoms with E-state index < -0.39 is 0 Å². The number of fused-ring (bicyclic) bond motifs is 1. The summed E-state index contributed by atoms with van der Waals surface area (Å²) >= 11 is 0. The number of hydrogen-bond acceptors (Lipinski definition) is 8. The topological polar surface area (TPSA) is 120 Å². The molecule has 0 saturated heterocycles. The number of nitrogens with one attached hydrogen (secondary N) is 1. The molecule has 8 nitrogen and oxygen atoms in total. The second-order valence-corrected chi connectivity index (χ2v) is 6.83. The molecule has 33 heavy (non-hydrogen) atoms. The van der Waals surface area contributed by atoms with E-state index in [0.29, 0.717) is 22.9 Å². The van der Waals surface area contributed by atoms with Crippen LogP contribution in [0.1, 0.15) is 10.4 Å². The van der Waals surface area contributed by atoms with E-state index in [4.69, 9.17) is 9.97 Å². The number of carbonyl (C=O) groups is 1. The number of benzene rings is 2. The molecule has 3 aromatic heterocycles. The molecule has 3 heterocycles. The Morgan fingerprint density at radius 3 is 2.36 bits per heavy atom. The molecular formula is C25H21N7O. The quantitative estimate of drug-likeness (QED) is 0.393. The summed E-state index contributed by atoms with van der Waals surface area (Å²) in [5.41, 5.74) is 9.11. The number of nitrogens with zero attached hydrogens (tertiary/aromatic N) is 5. The molecule has 162 valence electrons. The van der Waals surface area contributed by atoms with Crippen LogP contribution in [0.2, 0.25) is 0 Å². The van der Waals surface area contributed by atoms with Gasteiger partial charge < -0.3 is 11.1 Å². The van der Waals surface area contributed by atoms with E-state index in [1.54, 1.807) is 30.9 Å². The summed E-state index contributed by atoms with van der Waals surface area (Å²) in [6.07, 6.45) is 9.26. The Balaban J connectivity index is 0.00000126. The lowest BCUT2D eigenvalue weighted by Gasteiger charge is -2.13. The van der Waals surface area contributed by atoms with Crippen molar-refractivity contribution in [2.45, 2.75) is 0 Å². The number of rotatable bonds is 5. The predicted octanol–water partition coefficient (Wildman–Crippen LogP) is 4.28. The standard InChI is InChI=1S/C24H16N6O.CH5N/c31-14-18-4-1-2-6-21(18)28-24-20-10-16(19-12-26-15-27-13-19)7-8-22(20)29-23(30-24)17-5-3-9-25-11-17;1-2/h1-15H,(H,28,29,30);2H2,1H3. The smallest absolute Gasteiger partial charge is 0.163 e. The van der Waals surface area contributed by atoms with Gasteiger partial charge in [-0.2, -0.15) is 0 Å². The monoisotopic (exact) mass is 435 g/mol. The van der Waals surface area contributed by atoms with Crippen LogP contribution < -0.4 is 11.1 Å². The molecule has 0 amide bonds. The number of pyridine rings is 1. The highest BCUT2D eigenvalue weighted by molar-refractivity contribution is 5.96. The van der Waals surface area contributed by atoms with E-state index in [9.17, 15) is 4.79 Å². The van der Waals surface area contributed by atoms with Crippen molar-refractivity contribution in [2.75, 3.05) is 12.4 Å². The largest absolute Gasteiger partial charge is 0.339 e. The first kappa shape index (κ1) is 21.7. The third-order valence-electron chi connectivity index (χ3n) is 4.85. The minimum Gasteiger partial charge on any atom is -0.339 e. The fourth-order valence-corrected chi connectivity index (χ4v) is 3.32. The van der Waals surface area contributed by atoms with Gasteiger partial charge in [0.1, 0.15) is 12.1 Å². The van der Waals surface area contributed by atoms with E-state index >= 15 is 0 Å². The van der Waals surface area contributed by atoms with Crippen molar-refractivity contribution in [3.63, 3.8) is 0 Å². The molecule has 0 aliphatic carbocycles. The summed E-state index contributed by atoms with van der Waals surface area (Å²) in [6.45, 7) is 0. The first-order valence-electron chi connectivity index (χ1n) is 10.2. The Morgan fingerprint density at radius 2 is 1.61 bits per heavy atom. The molecule has 0 aliphatic rings. The molecule has 0 fully saturated rings. The van der Waals surface area contributed by atoms with Gasteiger partial charge in [-0.15, -0.1) is 0 Å². The second-order valence-electron chi connectivity index (χ2n) is 6.83. The van der Waals surface area contributed by atoms with Gasteiger partial charge in [0, 0.05) is 46.9 Å². The molecule has 0 atom stereocenters. The van der Waals surface area contributed by atoms with Crippen LogP contribution in [-0.2, 0) is 0 Å². The lowest BCUT2D eigenvalue weighted by atomic mass is 10.1. The van der Waals surface area contributed by atoms with Crippen molar-refractivity contribution in [3.8, 4) is 22.5 Å². The SMILES string of the molecule is CN.O=Cc1ccccc1Nc1nc(-c2cccnc2)nc2ccc(-c3cncnc3)cc12. The fourth-order valence-electron chi connectivity index (χ4n) is 3.32. The van der Waals surface area contributed by atoms with Gasteiger partial charge in [-0.25, -0.2) is 19.9 Å². The summed E-state index contributed by atoms with van der Waals surface area (Å²) in [6, 6.07) is 17.0. The first-order chi connectivity index (χ1) is 16.3. The van der Waals surface area contributed by atoms with E-state index in [-0.39, 0.29) is 0 Å². The maximum absolute atomic E-state index is 11.5. The zero-order valence-corrected chi connectivity index (χ0v) is 17.9. The lowest BCUT2D eigenvalue weighted by Crippen LogP contribution is -2.01. The van der Waals surface area contributed by atoms with E-state index in [1.807, 2.05) is 48.5 Å². The van der Waals surface area contributed by atoms with Crippen LogP contribution in [0.5, 0.6) is 0 Å². The zero-order valence-electron chi connectivity index (χ0n) is 17.9. The van der Waals surface area contributed by atoms with Gasteiger partial charge in [0.2, 0.25) is 0 Å². The van der Waals surface area contributed by atoms with Crippen molar-refractivity contribution >= 4 is 28.7 Å². The Hall–Kier alpha value is -4.56. The summed E-state index contributed by atoms with van der Waals surface area (Å²) in [5, 5.41) is 4.14. The molecule has 5 aromatic rings. The maximum atomic E-state index is 11.5. The van der Waals surface area contributed by atoms with Crippen LogP contribution in [0.4, 0.5) is 11.5 Å². The van der Waals surface area contributed by atoms with Crippen molar-refractivity contribution in [1.82, 2.24) is 24.9 Å². The predicted molar refractivity (Wildman–Crippen MR) is 129 cm³/mol. The van der Waals surface area contributed by atoms with Crippen molar-refractivity contribution in [3.05, 3.63) is 91.3 Å². The molecule has 0 aliphatic heterocycles. The average Bonchev–Trinajstić information content (AvgIpc) is 2.91. The minimum atomic E-state index is 0.544. The Morgan fingerprint density at radius 1 is 0.818 bits per heavy atom. The number of aldehydes is 1. The van der Waals surface area contributed by atoms with Crippen LogP contribution in [-0.4, -0.2) is 38.3 Å². The van der Waals surface area contributed by atoms with Crippen molar-refractivity contribution in [2.24, 2.45) is 5.73 Å². The number of aromatic nitrogens is 5. The molecule has 0 saturated carbocycles. The van der Waals surface area contributed by atoms with Crippen LogP contribution in [0, 0.1) is 0 Å². The van der Waals surface area contributed by atoms with Gasteiger partial charge in [-0.05, 0) is 49.0 Å². The first-order valence-corrected chi connectivity index (χ1v) is 10.2. The van der Waals surface area contributed by atoms with E-state index in [2.05, 4.69) is 26.0 Å². The Bertz CT molecular complexity index is 1380. The minimum absolute atomic E-state index is 0.544. The van der Waals surface area contributed by atoms with Gasteiger partial charge in [0.15, 0.2) is 12.1 Å². The Kier molecular flexibility index (Phi) is 6.67. The number of para-hydroxylation sites is 1. The third kappa shape index (κ3) is 4.70. The normalized spacial score (nSPS) is 10.2. The van der Waals surface area contributed by atoms with E-state index in [0.717, 1.165) is 33.9 Å². The highest BCUT2D eigenvalue weighted by Gasteiger charge is 2.13. The molecule has 0 bridgehead atoms. The summed E-state index contributed by atoms with van der Waals surface area (Å²) in [5.74, 6) is 1.14. The third-order valence-corrected chi connectivity index (χ3v) is 4.85. The number of nitrogens with two attached hydrogens (primary N) is 1. The number of hydrogen-bond donors (Lipinski definition) is 2. The molecule has 2 aromatic carbocycles. The van der Waals surface area contributed by atoms with Crippen LogP contribution in [0.25, 0.3) is 33.4 Å². The maximum Gasteiger partial charge on any atom is 0.163 e. The molecule has 3 N–H and O–H groups in total. The number of carbonyl (C=O) groups excluding carboxylic acids is 1. The van der Waals surface area contributed by atoms with Crippen LogP contribution >= 0.6 is 0 Å². The molecule has 0 unspecified atom stereocenters. The fraction of sp³-hybridized carbons (Fsp3) is 0.0400. The van der Waals surface area contributed by atoms with E-state index in [1.165, 1.54) is 13.4 Å². The zero-order chi connectivity index (χ0) is 23.0. The van der Waals surface area contributed by atoms with Crippen LogP contribution in [0.3, 0.4) is 0 Å². The summed E-state index contributed by atoms with van der Waals surface area (Å²) in [7, 11) is 1.50. The molecule has 0 spiro atoms. The van der Waals surface area contributed by atoms with Gasteiger partial charge in [0.05, 0.1) is 11.2 Å². The second kappa shape index (κ2) is 10.2. The average molecular weight is 435 g/mol. The van der Waals surface area contributed by atoms with Crippen molar-refractivity contribution in [1.29, 1.82) is 0 Å². The number of anilines is 2. The van der Waals surface area contributed by atoms with Gasteiger partial charge >= 0.3 is 0 Å². The lowest BCUT2D eigenvalue weighted by molar-refractivity contribution is 0.112. The molecule has 0 radical (unpaired) electrons. The molecular weight excluding hydrogens is 414 g/mol. The van der Waals surface area contributed by atoms with Gasteiger partial charge in [-0.3, -0.25) is 9.78 Å². The molecule has 8 heteroatoms. The Labute approximate surface area is 190 Å². The van der Waals surface area contributed by atoms with Crippen LogP contribution in [0.15, 0.2) is 85.7 Å².